The van der Waals surface area contributed by atoms with Gasteiger partial charge in [-0.3, -0.25) is 0 Å². The summed E-state index contributed by atoms with van der Waals surface area (Å²) in [5.74, 6) is -0.801. The second-order valence-electron chi connectivity index (χ2n) is 2.36. The lowest BCUT2D eigenvalue weighted by atomic mass is 10.2. The fraction of sp³-hybridized carbons (Fsp3) is 0.125. The summed E-state index contributed by atoms with van der Waals surface area (Å²) in [5, 5.41) is 9.45. The van der Waals surface area contributed by atoms with Crippen molar-refractivity contribution in [2.75, 3.05) is 12.8 Å². The lowest BCUT2D eigenvalue weighted by Crippen LogP contribution is -2.02. The number of aromatic hydroxyl groups is 1. The Balaban J connectivity index is 3.26. The van der Waals surface area contributed by atoms with Crippen molar-refractivity contribution in [1.29, 1.82) is 0 Å². The number of esters is 1. The molecule has 4 nitrogen and oxygen atoms in total. The van der Waals surface area contributed by atoms with Crippen molar-refractivity contribution in [3.05, 3.63) is 22.2 Å². The molecule has 0 aliphatic carbocycles. The molecule has 0 fully saturated rings. The lowest BCUT2D eigenvalue weighted by molar-refractivity contribution is 0.0597. The maximum Gasteiger partial charge on any atom is 0.341 e. The number of hydrogen-bond acceptors (Lipinski definition) is 4. The molecule has 13 heavy (non-hydrogen) atoms. The molecule has 0 aromatic heterocycles. The first-order valence-corrected chi connectivity index (χ1v) is 4.22. The van der Waals surface area contributed by atoms with E-state index >= 15 is 0 Å². The molecule has 0 saturated carbocycles. The van der Waals surface area contributed by atoms with E-state index in [0.717, 1.165) is 0 Å². The summed E-state index contributed by atoms with van der Waals surface area (Å²) in [6.07, 6.45) is 0. The van der Waals surface area contributed by atoms with Crippen molar-refractivity contribution in [1.82, 2.24) is 0 Å². The minimum atomic E-state index is -0.599. The highest BCUT2D eigenvalue weighted by Gasteiger charge is 2.15. The normalized spacial score (nSPS) is 9.69. The van der Waals surface area contributed by atoms with Crippen LogP contribution in [0.5, 0.6) is 5.75 Å². The molecule has 0 bridgehead atoms. The van der Waals surface area contributed by atoms with Crippen molar-refractivity contribution in [2.24, 2.45) is 0 Å². The number of phenols is 1. The van der Waals surface area contributed by atoms with Crippen molar-refractivity contribution >= 4 is 27.6 Å². The van der Waals surface area contributed by atoms with Gasteiger partial charge in [0.15, 0.2) is 0 Å². The zero-order chi connectivity index (χ0) is 10.0. The van der Waals surface area contributed by atoms with E-state index in [1.165, 1.54) is 19.2 Å². The van der Waals surface area contributed by atoms with E-state index in [1.807, 2.05) is 0 Å². The van der Waals surface area contributed by atoms with Gasteiger partial charge in [-0.25, -0.2) is 4.79 Å². The minimum Gasteiger partial charge on any atom is -0.506 e. The van der Waals surface area contributed by atoms with Crippen LogP contribution in [0.4, 0.5) is 5.69 Å². The number of hydrogen-bond donors (Lipinski definition) is 2. The Morgan fingerprint density at radius 2 is 2.23 bits per heavy atom. The van der Waals surface area contributed by atoms with Crippen LogP contribution < -0.4 is 5.73 Å². The van der Waals surface area contributed by atoms with Gasteiger partial charge in [-0.05, 0) is 28.1 Å². The number of rotatable bonds is 1. The molecular weight excluding hydrogens is 238 g/mol. The molecule has 0 unspecified atom stereocenters. The number of halogens is 1. The van der Waals surface area contributed by atoms with Crippen LogP contribution in [0.2, 0.25) is 0 Å². The van der Waals surface area contributed by atoms with Crippen LogP contribution in [0, 0.1) is 0 Å². The van der Waals surface area contributed by atoms with Gasteiger partial charge in [0, 0.05) is 5.69 Å². The number of anilines is 1. The quantitative estimate of drug-likeness (QED) is 0.582. The zero-order valence-electron chi connectivity index (χ0n) is 6.87. The van der Waals surface area contributed by atoms with Crippen molar-refractivity contribution in [3.8, 4) is 5.75 Å². The number of nitrogen functional groups attached to an aromatic ring is 1. The van der Waals surface area contributed by atoms with Gasteiger partial charge in [0.05, 0.1) is 11.6 Å². The van der Waals surface area contributed by atoms with Gasteiger partial charge in [0.25, 0.3) is 0 Å². The zero-order valence-corrected chi connectivity index (χ0v) is 8.46. The molecule has 0 spiro atoms. The van der Waals surface area contributed by atoms with E-state index in [0.29, 0.717) is 10.2 Å². The van der Waals surface area contributed by atoms with Crippen LogP contribution in [-0.2, 0) is 4.74 Å². The summed E-state index contributed by atoms with van der Waals surface area (Å²) in [6, 6.07) is 2.91. The molecule has 0 aliphatic rings. The monoisotopic (exact) mass is 245 g/mol. The molecule has 0 atom stereocenters. The van der Waals surface area contributed by atoms with Crippen molar-refractivity contribution in [3.63, 3.8) is 0 Å². The van der Waals surface area contributed by atoms with E-state index in [-0.39, 0.29) is 11.3 Å². The Labute approximate surface area is 83.4 Å². The predicted molar refractivity (Wildman–Crippen MR) is 51.6 cm³/mol. The summed E-state index contributed by atoms with van der Waals surface area (Å²) in [4.78, 5) is 11.1. The average Bonchev–Trinajstić information content (AvgIpc) is 2.13. The molecule has 0 amide bonds. The molecule has 0 aliphatic heterocycles. The third-order valence-electron chi connectivity index (χ3n) is 1.55. The van der Waals surface area contributed by atoms with Gasteiger partial charge in [0.1, 0.15) is 11.3 Å². The Kier molecular flexibility index (Phi) is 2.77. The third-order valence-corrected chi connectivity index (χ3v) is 2.38. The highest BCUT2D eigenvalue weighted by molar-refractivity contribution is 9.10. The van der Waals surface area contributed by atoms with Crippen LogP contribution in [0.1, 0.15) is 10.4 Å². The van der Waals surface area contributed by atoms with Crippen LogP contribution >= 0.6 is 15.9 Å². The van der Waals surface area contributed by atoms with Gasteiger partial charge < -0.3 is 15.6 Å². The second kappa shape index (κ2) is 3.66. The first-order valence-electron chi connectivity index (χ1n) is 3.43. The van der Waals surface area contributed by atoms with Crippen LogP contribution in [0.15, 0.2) is 16.6 Å². The average molecular weight is 246 g/mol. The highest BCUT2D eigenvalue weighted by Crippen LogP contribution is 2.33. The smallest absolute Gasteiger partial charge is 0.341 e. The van der Waals surface area contributed by atoms with Gasteiger partial charge >= 0.3 is 5.97 Å². The first kappa shape index (κ1) is 9.85. The number of carbonyl (C=O) groups excluding carboxylic acids is 1. The van der Waals surface area contributed by atoms with E-state index in [9.17, 15) is 9.90 Å². The van der Waals surface area contributed by atoms with Gasteiger partial charge in [-0.15, -0.1) is 0 Å². The van der Waals surface area contributed by atoms with Gasteiger partial charge in [-0.2, -0.15) is 0 Å². The summed E-state index contributed by atoms with van der Waals surface area (Å²) in [7, 11) is 1.24. The fourth-order valence-electron chi connectivity index (χ4n) is 0.855. The van der Waals surface area contributed by atoms with E-state index in [4.69, 9.17) is 5.73 Å². The Bertz CT molecular complexity index is 351. The molecular formula is C8H8BrNO3. The van der Waals surface area contributed by atoms with E-state index in [1.54, 1.807) is 0 Å². The Morgan fingerprint density at radius 3 is 2.77 bits per heavy atom. The van der Waals surface area contributed by atoms with Crippen LogP contribution in [0.3, 0.4) is 0 Å². The second-order valence-corrected chi connectivity index (χ2v) is 3.15. The largest absolute Gasteiger partial charge is 0.506 e. The van der Waals surface area contributed by atoms with Crippen molar-refractivity contribution in [2.45, 2.75) is 0 Å². The Hall–Kier alpha value is -1.23. The van der Waals surface area contributed by atoms with Crippen LogP contribution in [0.25, 0.3) is 0 Å². The standard InChI is InChI=1S/C8H8BrNO3/c1-13-8(12)4-2-3-5(10)6(9)7(4)11/h2-3,11H,10H2,1H3. The maximum absolute atomic E-state index is 11.1. The molecule has 0 radical (unpaired) electrons. The van der Waals surface area contributed by atoms with E-state index in [2.05, 4.69) is 20.7 Å². The molecule has 1 aromatic carbocycles. The number of ether oxygens (including phenoxy) is 1. The van der Waals surface area contributed by atoms with Gasteiger partial charge in [-0.1, -0.05) is 0 Å². The molecule has 70 valence electrons. The SMILES string of the molecule is COC(=O)c1ccc(N)c(Br)c1O. The number of phenolic OH excluding ortho intramolecular Hbond substituents is 1. The molecule has 1 aromatic rings. The molecule has 3 N–H and O–H groups in total. The Morgan fingerprint density at radius 1 is 1.62 bits per heavy atom. The topological polar surface area (TPSA) is 72.5 Å². The number of benzene rings is 1. The fourth-order valence-corrected chi connectivity index (χ4v) is 1.20. The van der Waals surface area contributed by atoms with Gasteiger partial charge in [0.2, 0.25) is 0 Å². The molecule has 0 heterocycles. The minimum absolute atomic E-state index is 0.0866. The molecule has 1 rings (SSSR count). The maximum atomic E-state index is 11.1. The molecule has 0 saturated heterocycles. The first-order chi connectivity index (χ1) is 6.07. The third kappa shape index (κ3) is 1.75. The summed E-state index contributed by atoms with van der Waals surface area (Å²) >= 11 is 3.04. The summed E-state index contributed by atoms with van der Waals surface area (Å²) in [5.41, 5.74) is 5.92. The van der Waals surface area contributed by atoms with E-state index < -0.39 is 5.97 Å². The number of nitrogens with two attached hydrogens (primary N) is 1. The summed E-state index contributed by atoms with van der Waals surface area (Å²) < 4.78 is 4.75. The number of methoxy groups -OCH3 is 1. The van der Waals surface area contributed by atoms with Crippen LogP contribution in [-0.4, -0.2) is 18.2 Å². The molecule has 5 heteroatoms. The summed E-state index contributed by atoms with van der Waals surface area (Å²) in [6.45, 7) is 0. The van der Waals surface area contributed by atoms with Crippen molar-refractivity contribution < 1.29 is 14.6 Å². The lowest BCUT2D eigenvalue weighted by Gasteiger charge is -2.05. The predicted octanol–water partition coefficient (Wildman–Crippen LogP) is 1.52. The number of carbonyl (C=O) groups is 1. The highest BCUT2D eigenvalue weighted by atomic mass is 79.9.